The van der Waals surface area contributed by atoms with Gasteiger partial charge in [-0.05, 0) is 62.5 Å². The van der Waals surface area contributed by atoms with Crippen molar-refractivity contribution in [2.45, 2.75) is 134 Å². The number of cyclic esters (lactones) is 1. The highest BCUT2D eigenvalue weighted by Crippen LogP contribution is 2.34. The number of carbonyl (C=O) groups is 3. The Morgan fingerprint density at radius 3 is 2.58 bits per heavy atom. The summed E-state index contributed by atoms with van der Waals surface area (Å²) >= 11 is 0. The molecule has 4 heterocycles. The van der Waals surface area contributed by atoms with E-state index in [4.69, 9.17) is 28.1 Å². The number of nitrogens with zero attached hydrogens (tertiary/aromatic N) is 1. The van der Waals surface area contributed by atoms with Crippen LogP contribution in [-0.4, -0.2) is 86.5 Å². The van der Waals surface area contributed by atoms with Crippen LogP contribution in [0.3, 0.4) is 0 Å². The lowest BCUT2D eigenvalue weighted by atomic mass is 9.86. The number of nitrogens with one attached hydrogen (secondary N) is 1. The van der Waals surface area contributed by atoms with Crippen molar-refractivity contribution in [3.63, 3.8) is 0 Å². The van der Waals surface area contributed by atoms with E-state index in [0.29, 0.717) is 56.3 Å². The van der Waals surface area contributed by atoms with Crippen LogP contribution in [-0.2, 0) is 44.4 Å². The van der Waals surface area contributed by atoms with Crippen molar-refractivity contribution in [2.24, 2.45) is 11.8 Å². The second-order valence-electron chi connectivity index (χ2n) is 14.0. The van der Waals surface area contributed by atoms with Gasteiger partial charge in [0.2, 0.25) is 5.89 Å². The second kappa shape index (κ2) is 20.4. The number of amides is 1. The molecule has 0 unspecified atom stereocenters. The van der Waals surface area contributed by atoms with Crippen LogP contribution < -0.4 is 5.32 Å². The number of methoxy groups -OCH3 is 2. The molecule has 0 spiro atoms. The van der Waals surface area contributed by atoms with Crippen LogP contribution in [0.1, 0.15) is 96.6 Å². The summed E-state index contributed by atoms with van der Waals surface area (Å²) in [5, 5.41) is 2.54. The number of fused-ring (bicyclic) bond motifs is 4. The van der Waals surface area contributed by atoms with Gasteiger partial charge in [-0.2, -0.15) is 0 Å². The van der Waals surface area contributed by atoms with Crippen molar-refractivity contribution >= 4 is 24.1 Å². The largest absolute Gasteiger partial charge is 0.459 e. The zero-order chi connectivity index (χ0) is 35.9. The minimum atomic E-state index is -0.517. The Balaban J connectivity index is 1.34. The van der Waals surface area contributed by atoms with Gasteiger partial charge in [-0.1, -0.05) is 39.0 Å². The molecule has 4 rings (SSSR count). The molecule has 12 nitrogen and oxygen atoms in total. The molecule has 3 fully saturated rings. The highest BCUT2D eigenvalue weighted by Gasteiger charge is 2.38. The van der Waals surface area contributed by atoms with Crippen molar-refractivity contribution in [1.82, 2.24) is 10.3 Å². The average Bonchev–Trinajstić information content (AvgIpc) is 3.52. The lowest BCUT2D eigenvalue weighted by Gasteiger charge is -2.40. The van der Waals surface area contributed by atoms with E-state index in [1.165, 1.54) is 13.2 Å². The number of ether oxygens (including phenoxy) is 6. The van der Waals surface area contributed by atoms with E-state index >= 15 is 0 Å². The first-order valence-corrected chi connectivity index (χ1v) is 18.1. The fourth-order valence-electron chi connectivity index (χ4n) is 6.66. The SMILES string of the molecule is COC(=O)NC/C=C\c1nc(CC/C=C\C(=O)O[C@@H]2C[C@H]3C[C@H](OC)C[C@H]4O[C@@H](CC[C@@H]4C)C[C@@H](/C=C/CC(C)C)OC(=O)C[C@@H](C2)O3)co1. The number of esters is 2. The van der Waals surface area contributed by atoms with Gasteiger partial charge >= 0.3 is 18.0 Å². The first-order chi connectivity index (χ1) is 24.1. The highest BCUT2D eigenvalue weighted by molar-refractivity contribution is 5.82. The van der Waals surface area contributed by atoms with E-state index < -0.39 is 24.3 Å². The maximum Gasteiger partial charge on any atom is 0.407 e. The summed E-state index contributed by atoms with van der Waals surface area (Å²) < 4.78 is 40.8. The maximum atomic E-state index is 13.3. The van der Waals surface area contributed by atoms with Crippen LogP contribution in [0, 0.1) is 11.8 Å². The van der Waals surface area contributed by atoms with Crippen molar-refractivity contribution in [1.29, 1.82) is 0 Å². The standard InChI is InChI=1S/C38H56N2O10/c1-25(2)10-8-12-28-18-29-16-15-26(3)34(48-29)22-30(44-4)19-31-20-32(21-33(47-31)23-37(42)49-28)50-36(41)14-7-6-11-27-24-46-35(40-27)13-9-17-39-38(43)45-5/h7-9,12-14,24-26,28-34H,6,10-11,15-23H2,1-5H3,(H,39,43)/b12-8+,13-9-,14-7-/t26-,28+,29-,30-,31+,32+,33+,34+/m0/s1. The maximum absolute atomic E-state index is 13.3. The topological polar surface area (TPSA) is 145 Å². The molecule has 0 radical (unpaired) electrons. The van der Waals surface area contributed by atoms with Crippen LogP contribution in [0.15, 0.2) is 41.1 Å². The Bertz CT molecular complexity index is 1310. The second-order valence-corrected chi connectivity index (χ2v) is 14.0. The smallest absolute Gasteiger partial charge is 0.407 e. The van der Waals surface area contributed by atoms with Gasteiger partial charge in [-0.15, -0.1) is 0 Å². The van der Waals surface area contributed by atoms with Crippen LogP contribution >= 0.6 is 0 Å². The first kappa shape index (κ1) is 39.3. The van der Waals surface area contributed by atoms with Crippen LogP contribution in [0.4, 0.5) is 4.79 Å². The highest BCUT2D eigenvalue weighted by atomic mass is 16.6. The number of alkyl carbamates (subject to hydrolysis) is 1. The lowest BCUT2D eigenvalue weighted by Crippen LogP contribution is -2.43. The van der Waals surface area contributed by atoms with E-state index in [-0.39, 0.29) is 49.5 Å². The molecule has 0 saturated carbocycles. The lowest BCUT2D eigenvalue weighted by molar-refractivity contribution is -0.171. The quantitative estimate of drug-likeness (QED) is 0.114. The number of oxazole rings is 1. The van der Waals surface area contributed by atoms with Gasteiger partial charge < -0.3 is 38.2 Å². The van der Waals surface area contributed by atoms with Crippen LogP contribution in [0.25, 0.3) is 6.08 Å². The molecule has 3 aliphatic rings. The molecule has 3 aliphatic heterocycles. The molecule has 8 atom stereocenters. The number of hydrogen-bond donors (Lipinski definition) is 1. The van der Waals surface area contributed by atoms with Crippen molar-refractivity contribution in [3.05, 3.63) is 48.2 Å². The molecule has 12 heteroatoms. The van der Waals surface area contributed by atoms with Crippen LogP contribution in [0.2, 0.25) is 0 Å². The van der Waals surface area contributed by atoms with E-state index in [1.807, 2.05) is 6.08 Å². The third-order valence-corrected chi connectivity index (χ3v) is 9.35. The summed E-state index contributed by atoms with van der Waals surface area (Å²) in [6.07, 6.45) is 17.2. The molecular formula is C38H56N2O10. The van der Waals surface area contributed by atoms with Crippen LogP contribution in [0.5, 0.6) is 0 Å². The third-order valence-electron chi connectivity index (χ3n) is 9.35. The average molecular weight is 701 g/mol. The molecule has 50 heavy (non-hydrogen) atoms. The number of rotatable bonds is 12. The molecule has 1 N–H and O–H groups in total. The molecule has 1 aromatic heterocycles. The Morgan fingerprint density at radius 2 is 1.80 bits per heavy atom. The molecule has 0 aliphatic carbocycles. The van der Waals surface area contributed by atoms with E-state index in [1.54, 1.807) is 31.6 Å². The third kappa shape index (κ3) is 13.7. The number of carbonyl (C=O) groups excluding carboxylic acids is 3. The number of aryl methyl sites for hydroxylation is 1. The van der Waals surface area contributed by atoms with Crippen molar-refractivity contribution in [2.75, 3.05) is 20.8 Å². The molecule has 278 valence electrons. The van der Waals surface area contributed by atoms with Gasteiger partial charge in [0, 0.05) is 45.4 Å². The number of hydrogen-bond acceptors (Lipinski definition) is 11. The predicted octanol–water partition coefficient (Wildman–Crippen LogP) is 6.28. The molecular weight excluding hydrogens is 644 g/mol. The summed E-state index contributed by atoms with van der Waals surface area (Å²) in [4.78, 5) is 41.7. The number of allylic oxidation sites excluding steroid dienone is 2. The van der Waals surface area contributed by atoms with Gasteiger partial charge in [0.05, 0.1) is 49.7 Å². The fraction of sp³-hybridized carbons (Fsp3) is 0.684. The summed E-state index contributed by atoms with van der Waals surface area (Å²) in [5.74, 6) is 0.537. The zero-order valence-electron chi connectivity index (χ0n) is 30.3. The monoisotopic (exact) mass is 700 g/mol. The predicted molar refractivity (Wildman–Crippen MR) is 186 cm³/mol. The summed E-state index contributed by atoms with van der Waals surface area (Å²) in [6.45, 7) is 6.83. The summed E-state index contributed by atoms with van der Waals surface area (Å²) in [7, 11) is 3.02. The Kier molecular flexibility index (Phi) is 16.0. The summed E-state index contributed by atoms with van der Waals surface area (Å²) in [6, 6.07) is 0. The zero-order valence-corrected chi connectivity index (χ0v) is 30.3. The summed E-state index contributed by atoms with van der Waals surface area (Å²) in [5.41, 5.74) is 0.735. The molecule has 0 aromatic carbocycles. The van der Waals surface area contributed by atoms with Gasteiger partial charge in [0.15, 0.2) is 0 Å². The molecule has 4 bridgehead atoms. The Morgan fingerprint density at radius 1 is 1.00 bits per heavy atom. The molecule has 3 saturated heterocycles. The van der Waals surface area contributed by atoms with Gasteiger partial charge in [-0.25, -0.2) is 14.6 Å². The minimum absolute atomic E-state index is 0.0180. The van der Waals surface area contributed by atoms with Gasteiger partial charge in [0.1, 0.15) is 18.5 Å². The van der Waals surface area contributed by atoms with Crippen molar-refractivity contribution < 1.29 is 47.2 Å². The van der Waals surface area contributed by atoms with Crippen molar-refractivity contribution in [3.8, 4) is 0 Å². The normalized spacial score (nSPS) is 29.6. The molecule has 1 aromatic rings. The van der Waals surface area contributed by atoms with Gasteiger partial charge in [-0.3, -0.25) is 4.79 Å². The Labute approximate surface area is 296 Å². The Hall–Kier alpha value is -3.48. The number of aromatic nitrogens is 1. The first-order valence-electron chi connectivity index (χ1n) is 18.1. The van der Waals surface area contributed by atoms with E-state index in [0.717, 1.165) is 31.4 Å². The molecule has 1 amide bonds. The van der Waals surface area contributed by atoms with E-state index in [2.05, 4.69) is 41.9 Å². The van der Waals surface area contributed by atoms with Gasteiger partial charge in [0.25, 0.3) is 0 Å². The van der Waals surface area contributed by atoms with E-state index in [9.17, 15) is 14.4 Å². The fourth-order valence-corrected chi connectivity index (χ4v) is 6.66. The minimum Gasteiger partial charge on any atom is -0.459 e.